The number of hydrogen-bond acceptors (Lipinski definition) is 5. The molecule has 0 saturated carbocycles. The van der Waals surface area contributed by atoms with Crippen LogP contribution in [0.4, 0.5) is 11.4 Å². The molecule has 0 fully saturated rings. The third-order valence-corrected chi connectivity index (χ3v) is 4.55. The molecule has 0 bridgehead atoms. The first-order chi connectivity index (χ1) is 12.5. The summed E-state index contributed by atoms with van der Waals surface area (Å²) < 4.78 is 6.05. The number of rotatable bonds is 5. The lowest BCUT2D eigenvalue weighted by Gasteiger charge is -2.32. The normalized spacial score (nSPS) is 13.4. The Hall–Kier alpha value is -2.18. The molecule has 2 aromatic rings. The fourth-order valence-corrected chi connectivity index (χ4v) is 3.29. The molecule has 1 heterocycles. The SMILES string of the molecule is CCOC(=O)c1ccc(C2=Nc3cc(Br)ccc3N(CN(C)C)C2)cc1. The van der Waals surface area contributed by atoms with Crippen molar-refractivity contribution in [3.05, 3.63) is 58.1 Å². The minimum absolute atomic E-state index is 0.298. The molecule has 26 heavy (non-hydrogen) atoms. The van der Waals surface area contributed by atoms with Crippen LogP contribution in [0.2, 0.25) is 0 Å². The lowest BCUT2D eigenvalue weighted by Crippen LogP contribution is -2.39. The standard InChI is InChI=1S/C20H22BrN3O2/c1-4-26-20(25)15-7-5-14(6-8-15)18-12-24(13-23(2)3)19-10-9-16(21)11-17(19)22-18/h5-11H,4,12-13H2,1-3H3. The number of esters is 1. The maximum Gasteiger partial charge on any atom is 0.338 e. The Morgan fingerprint density at radius 3 is 2.62 bits per heavy atom. The van der Waals surface area contributed by atoms with Gasteiger partial charge >= 0.3 is 5.97 Å². The maximum atomic E-state index is 11.8. The molecule has 0 atom stereocenters. The van der Waals surface area contributed by atoms with Crippen LogP contribution >= 0.6 is 15.9 Å². The predicted octanol–water partition coefficient (Wildman–Crippen LogP) is 4.09. The summed E-state index contributed by atoms with van der Waals surface area (Å²) in [7, 11) is 4.11. The van der Waals surface area contributed by atoms with E-state index in [2.05, 4.69) is 45.9 Å². The van der Waals surface area contributed by atoms with Crippen molar-refractivity contribution in [1.29, 1.82) is 0 Å². The average molecular weight is 416 g/mol. The van der Waals surface area contributed by atoms with Gasteiger partial charge in [-0.2, -0.15) is 0 Å². The number of carbonyl (C=O) groups is 1. The molecule has 0 amide bonds. The van der Waals surface area contributed by atoms with E-state index in [0.717, 1.165) is 33.8 Å². The van der Waals surface area contributed by atoms with E-state index in [9.17, 15) is 4.79 Å². The topological polar surface area (TPSA) is 45.1 Å². The molecule has 0 N–H and O–H groups in total. The molecule has 0 radical (unpaired) electrons. The molecule has 0 spiro atoms. The molecular formula is C20H22BrN3O2. The largest absolute Gasteiger partial charge is 0.462 e. The van der Waals surface area contributed by atoms with Crippen molar-refractivity contribution in [2.24, 2.45) is 4.99 Å². The van der Waals surface area contributed by atoms with E-state index >= 15 is 0 Å². The molecule has 0 aromatic heterocycles. The molecule has 2 aromatic carbocycles. The second-order valence-electron chi connectivity index (χ2n) is 6.41. The molecule has 0 aliphatic carbocycles. The molecule has 6 heteroatoms. The number of nitrogens with zero attached hydrogens (tertiary/aromatic N) is 3. The highest BCUT2D eigenvalue weighted by molar-refractivity contribution is 9.10. The Balaban J connectivity index is 1.93. The van der Waals surface area contributed by atoms with Crippen molar-refractivity contribution in [1.82, 2.24) is 4.90 Å². The van der Waals surface area contributed by atoms with Gasteiger partial charge in [-0.25, -0.2) is 9.79 Å². The third kappa shape index (κ3) is 4.14. The van der Waals surface area contributed by atoms with Gasteiger partial charge in [0.15, 0.2) is 0 Å². The molecule has 3 rings (SSSR count). The van der Waals surface area contributed by atoms with Gasteiger partial charge in [0.1, 0.15) is 0 Å². The fourth-order valence-electron chi connectivity index (χ4n) is 2.94. The summed E-state index contributed by atoms with van der Waals surface area (Å²) in [5, 5.41) is 0. The Morgan fingerprint density at radius 1 is 1.23 bits per heavy atom. The van der Waals surface area contributed by atoms with Gasteiger partial charge in [0, 0.05) is 4.47 Å². The highest BCUT2D eigenvalue weighted by atomic mass is 79.9. The van der Waals surface area contributed by atoms with E-state index in [0.29, 0.717) is 18.7 Å². The number of fused-ring (bicyclic) bond motifs is 1. The van der Waals surface area contributed by atoms with Crippen molar-refractivity contribution in [2.45, 2.75) is 6.92 Å². The lowest BCUT2D eigenvalue weighted by molar-refractivity contribution is 0.0526. The smallest absolute Gasteiger partial charge is 0.338 e. The minimum atomic E-state index is -0.298. The van der Waals surface area contributed by atoms with Gasteiger partial charge in [-0.15, -0.1) is 0 Å². The van der Waals surface area contributed by atoms with Crippen molar-refractivity contribution in [2.75, 3.05) is 38.8 Å². The minimum Gasteiger partial charge on any atom is -0.462 e. The summed E-state index contributed by atoms with van der Waals surface area (Å²) in [6.07, 6.45) is 0. The van der Waals surface area contributed by atoms with Crippen LogP contribution in [-0.4, -0.2) is 50.5 Å². The average Bonchev–Trinajstić information content (AvgIpc) is 2.61. The van der Waals surface area contributed by atoms with Crippen LogP contribution in [0, 0.1) is 0 Å². The van der Waals surface area contributed by atoms with Crippen LogP contribution < -0.4 is 4.90 Å². The van der Waals surface area contributed by atoms with Gasteiger partial charge in [-0.05, 0) is 56.9 Å². The van der Waals surface area contributed by atoms with E-state index in [-0.39, 0.29) is 5.97 Å². The van der Waals surface area contributed by atoms with Gasteiger partial charge in [0.25, 0.3) is 0 Å². The Kier molecular flexibility index (Phi) is 5.74. The van der Waals surface area contributed by atoms with E-state index in [4.69, 9.17) is 9.73 Å². The summed E-state index contributed by atoms with van der Waals surface area (Å²) in [6.45, 7) is 3.69. The second-order valence-corrected chi connectivity index (χ2v) is 7.32. The van der Waals surface area contributed by atoms with Gasteiger partial charge in [0.05, 0.1) is 42.5 Å². The summed E-state index contributed by atoms with van der Waals surface area (Å²) >= 11 is 3.53. The van der Waals surface area contributed by atoms with E-state index in [1.807, 2.05) is 24.3 Å². The van der Waals surface area contributed by atoms with Crippen LogP contribution in [-0.2, 0) is 4.74 Å². The number of halogens is 1. The number of carbonyl (C=O) groups excluding carboxylic acids is 1. The quantitative estimate of drug-likeness (QED) is 0.689. The first kappa shape index (κ1) is 18.6. The van der Waals surface area contributed by atoms with E-state index in [1.165, 1.54) is 0 Å². The lowest BCUT2D eigenvalue weighted by atomic mass is 10.0. The zero-order chi connectivity index (χ0) is 18.7. The highest BCUT2D eigenvalue weighted by Gasteiger charge is 2.21. The number of ether oxygens (including phenoxy) is 1. The Labute approximate surface area is 162 Å². The number of benzene rings is 2. The molecule has 5 nitrogen and oxygen atoms in total. The van der Waals surface area contributed by atoms with E-state index in [1.54, 1.807) is 19.1 Å². The zero-order valence-corrected chi connectivity index (χ0v) is 16.8. The van der Waals surface area contributed by atoms with E-state index < -0.39 is 0 Å². The van der Waals surface area contributed by atoms with Crippen LogP contribution in [0.25, 0.3) is 0 Å². The van der Waals surface area contributed by atoms with Crippen molar-refractivity contribution >= 4 is 39.0 Å². The second kappa shape index (κ2) is 8.01. The third-order valence-electron chi connectivity index (χ3n) is 4.06. The predicted molar refractivity (Wildman–Crippen MR) is 109 cm³/mol. The molecule has 0 saturated heterocycles. The maximum absolute atomic E-state index is 11.8. The molecule has 1 aliphatic heterocycles. The first-order valence-corrected chi connectivity index (χ1v) is 9.31. The highest BCUT2D eigenvalue weighted by Crippen LogP contribution is 2.35. The molecular weight excluding hydrogens is 394 g/mol. The van der Waals surface area contributed by atoms with Crippen molar-refractivity contribution in [3.63, 3.8) is 0 Å². The fraction of sp³-hybridized carbons (Fsp3) is 0.300. The van der Waals surface area contributed by atoms with Gasteiger partial charge in [-0.1, -0.05) is 28.1 Å². The van der Waals surface area contributed by atoms with Crippen LogP contribution in [0.3, 0.4) is 0 Å². The summed E-state index contributed by atoms with van der Waals surface area (Å²) in [5.74, 6) is -0.298. The Bertz CT molecular complexity index is 831. The van der Waals surface area contributed by atoms with Crippen molar-refractivity contribution < 1.29 is 9.53 Å². The van der Waals surface area contributed by atoms with Crippen LogP contribution in [0.1, 0.15) is 22.8 Å². The summed E-state index contributed by atoms with van der Waals surface area (Å²) in [4.78, 5) is 21.1. The molecule has 136 valence electrons. The monoisotopic (exact) mass is 415 g/mol. The van der Waals surface area contributed by atoms with Gasteiger partial charge in [-0.3, -0.25) is 4.90 Å². The van der Waals surface area contributed by atoms with Crippen molar-refractivity contribution in [3.8, 4) is 0 Å². The molecule has 1 aliphatic rings. The van der Waals surface area contributed by atoms with Crippen LogP contribution in [0.15, 0.2) is 51.9 Å². The Morgan fingerprint density at radius 2 is 1.96 bits per heavy atom. The zero-order valence-electron chi connectivity index (χ0n) is 15.2. The summed E-state index contributed by atoms with van der Waals surface area (Å²) in [5.41, 5.74) is 4.60. The van der Waals surface area contributed by atoms with Crippen LogP contribution in [0.5, 0.6) is 0 Å². The van der Waals surface area contributed by atoms with Gasteiger partial charge in [0.2, 0.25) is 0 Å². The first-order valence-electron chi connectivity index (χ1n) is 8.52. The number of aliphatic imine (C=N–C) groups is 1. The molecule has 0 unspecified atom stereocenters. The number of hydrogen-bond donors (Lipinski definition) is 0. The number of anilines is 1. The van der Waals surface area contributed by atoms with Gasteiger partial charge < -0.3 is 9.64 Å². The summed E-state index contributed by atoms with van der Waals surface area (Å²) in [6, 6.07) is 13.6.